The number of nitrogens with one attached hydrogen (secondary N) is 7. The van der Waals surface area contributed by atoms with E-state index in [1.54, 1.807) is 54.6 Å². The summed E-state index contributed by atoms with van der Waals surface area (Å²) in [5, 5.41) is 18.2. The first-order valence-corrected chi connectivity index (χ1v) is 28.2. The van der Waals surface area contributed by atoms with E-state index >= 15 is 0 Å². The maximum absolute atomic E-state index is 14.6. The van der Waals surface area contributed by atoms with Crippen LogP contribution in [-0.4, -0.2) is 156 Å². The van der Waals surface area contributed by atoms with Gasteiger partial charge in [0.15, 0.2) is 5.96 Å². The zero-order chi connectivity index (χ0) is 58.1. The Hall–Kier alpha value is -7.62. The molecule has 4 rings (SSSR count). The number of likely N-dealkylation sites (N-methyl/N-ethyl adjacent to an activating group) is 1. The van der Waals surface area contributed by atoms with Gasteiger partial charge in [-0.2, -0.15) is 0 Å². The van der Waals surface area contributed by atoms with Crippen molar-refractivity contribution in [2.75, 3.05) is 39.0 Å². The molecule has 2 aliphatic rings. The highest BCUT2D eigenvalue weighted by Crippen LogP contribution is 2.48. The standard InChI is InChI=1S/C51H74N14O12S2/c1-3-77-32-16-14-31(15-17-32)24-35-46(73)62-36(23-30-11-6-4-7-12-30)47(74)61-34(18-19-39(52)66)45(72)63-37(25-40(53)67)48(75)64-38(29-78-79-51(26-42(69)60-35)20-8-5-9-21-51)49(76)65(2)28-43(70)59-33(13-10-22-57-50(55)56)44(71)58-27-41(54)68/h4,6-7,11-12,14-17,33-38H,3,5,8-10,13,18-29H2,1-2H3,(H2,52,66)(H2,53,67)(H2,54,68)(H,58,71)(H,59,70)(H,60,69)(H,61,74)(H,62,73)(H,63,72)(H,64,75)(H4,55,56,57)/t33-,34-,35?,36?,37-,38?/m0/s1. The number of amides is 11. The lowest BCUT2D eigenvalue weighted by molar-refractivity contribution is -0.139. The number of nitrogens with zero attached hydrogens (tertiary/aromatic N) is 2. The van der Waals surface area contributed by atoms with E-state index in [1.165, 1.54) is 17.8 Å². The predicted octanol–water partition coefficient (Wildman–Crippen LogP) is -2.48. The van der Waals surface area contributed by atoms with Crippen LogP contribution in [0.3, 0.4) is 0 Å². The minimum absolute atomic E-state index is 0.00199. The maximum Gasteiger partial charge on any atom is 0.246 e. The largest absolute Gasteiger partial charge is 0.494 e. The van der Waals surface area contributed by atoms with E-state index in [4.69, 9.17) is 33.4 Å². The first-order valence-electron chi connectivity index (χ1n) is 25.9. The smallest absolute Gasteiger partial charge is 0.246 e. The number of carbonyl (C=O) groups excluding carboxylic acids is 11. The lowest BCUT2D eigenvalue weighted by Gasteiger charge is -2.36. The van der Waals surface area contributed by atoms with Crippen molar-refractivity contribution in [3.8, 4) is 5.75 Å². The molecule has 0 bridgehead atoms. The van der Waals surface area contributed by atoms with Gasteiger partial charge in [0.05, 0.1) is 26.1 Å². The number of benzene rings is 2. The van der Waals surface area contributed by atoms with Crippen molar-refractivity contribution in [1.82, 2.24) is 42.1 Å². The Bertz CT molecular complexity index is 2500. The van der Waals surface area contributed by atoms with Crippen molar-refractivity contribution in [3.05, 3.63) is 65.7 Å². The predicted molar refractivity (Wildman–Crippen MR) is 296 cm³/mol. The van der Waals surface area contributed by atoms with Gasteiger partial charge in [0.25, 0.3) is 0 Å². The molecule has 2 fully saturated rings. The van der Waals surface area contributed by atoms with Crippen LogP contribution in [0, 0.1) is 0 Å². The normalized spacial score (nSPS) is 20.7. The zero-order valence-electron chi connectivity index (χ0n) is 44.4. The number of nitrogens with two attached hydrogens (primary N) is 5. The van der Waals surface area contributed by atoms with Crippen LogP contribution < -0.4 is 70.6 Å². The number of hydrogen-bond donors (Lipinski definition) is 12. The second-order valence-electron chi connectivity index (χ2n) is 19.2. The van der Waals surface area contributed by atoms with Crippen LogP contribution >= 0.6 is 21.6 Å². The molecular formula is C51H74N14O12S2. The summed E-state index contributed by atoms with van der Waals surface area (Å²) in [6, 6.07) is 6.86. The van der Waals surface area contributed by atoms with E-state index in [0.29, 0.717) is 36.3 Å². The first kappa shape index (κ1) is 63.9. The topological polar surface area (TPSA) is 427 Å². The molecule has 0 aromatic heterocycles. The lowest BCUT2D eigenvalue weighted by Crippen LogP contribution is -2.60. The molecule has 2 aromatic carbocycles. The van der Waals surface area contributed by atoms with Gasteiger partial charge < -0.3 is 75.5 Å². The Balaban J connectivity index is 1.76. The summed E-state index contributed by atoms with van der Waals surface area (Å²) in [5.41, 5.74) is 28.4. The summed E-state index contributed by atoms with van der Waals surface area (Å²) < 4.78 is 4.86. The summed E-state index contributed by atoms with van der Waals surface area (Å²) in [7, 11) is 3.72. The summed E-state index contributed by atoms with van der Waals surface area (Å²) in [4.78, 5) is 154. The molecule has 17 N–H and O–H groups in total. The third kappa shape index (κ3) is 22.7. The van der Waals surface area contributed by atoms with Gasteiger partial charge in [-0.3, -0.25) is 57.7 Å². The molecule has 6 atom stereocenters. The molecule has 432 valence electrons. The molecule has 1 spiro atoms. The van der Waals surface area contributed by atoms with Crippen LogP contribution in [0.1, 0.15) is 88.7 Å². The number of rotatable bonds is 22. The van der Waals surface area contributed by atoms with E-state index < -0.39 is 138 Å². The van der Waals surface area contributed by atoms with E-state index in [9.17, 15) is 52.7 Å². The minimum Gasteiger partial charge on any atom is -0.494 e. The van der Waals surface area contributed by atoms with Gasteiger partial charge in [0, 0.05) is 49.8 Å². The molecule has 79 heavy (non-hydrogen) atoms. The fourth-order valence-corrected chi connectivity index (χ4v) is 12.1. The van der Waals surface area contributed by atoms with Crippen LogP contribution in [0.15, 0.2) is 59.6 Å². The molecule has 26 nitrogen and oxygen atoms in total. The van der Waals surface area contributed by atoms with Crippen molar-refractivity contribution >= 4 is 92.5 Å². The minimum atomic E-state index is -1.78. The van der Waals surface area contributed by atoms with Crippen LogP contribution in [-0.2, 0) is 65.6 Å². The van der Waals surface area contributed by atoms with Crippen molar-refractivity contribution in [2.24, 2.45) is 33.7 Å². The summed E-state index contributed by atoms with van der Waals surface area (Å²) in [6.07, 6.45) is 1.85. The summed E-state index contributed by atoms with van der Waals surface area (Å²) >= 11 is 0. The second-order valence-corrected chi connectivity index (χ2v) is 22.1. The number of primary amides is 3. The number of carbonyl (C=O) groups is 11. The molecule has 2 aromatic rings. The van der Waals surface area contributed by atoms with Crippen molar-refractivity contribution < 1.29 is 57.5 Å². The number of guanidine groups is 1. The zero-order valence-corrected chi connectivity index (χ0v) is 46.0. The Morgan fingerprint density at radius 1 is 0.747 bits per heavy atom. The van der Waals surface area contributed by atoms with Gasteiger partial charge >= 0.3 is 0 Å². The Labute approximate surface area is 465 Å². The molecule has 11 amide bonds. The van der Waals surface area contributed by atoms with E-state index in [0.717, 1.165) is 35.0 Å². The monoisotopic (exact) mass is 1140 g/mol. The molecule has 3 unspecified atom stereocenters. The van der Waals surface area contributed by atoms with E-state index in [-0.39, 0.29) is 50.4 Å². The molecule has 28 heteroatoms. The van der Waals surface area contributed by atoms with Gasteiger partial charge in [-0.25, -0.2) is 0 Å². The van der Waals surface area contributed by atoms with Crippen LogP contribution in [0.25, 0.3) is 0 Å². The fourth-order valence-electron chi connectivity index (χ4n) is 8.74. The van der Waals surface area contributed by atoms with E-state index in [2.05, 4.69) is 42.2 Å². The van der Waals surface area contributed by atoms with Gasteiger partial charge in [0.1, 0.15) is 42.0 Å². The summed E-state index contributed by atoms with van der Waals surface area (Å²) in [6.45, 7) is 1.15. The molecule has 1 saturated heterocycles. The molecule has 0 radical (unpaired) electrons. The van der Waals surface area contributed by atoms with Crippen molar-refractivity contribution in [1.29, 1.82) is 0 Å². The summed E-state index contributed by atoms with van der Waals surface area (Å²) in [5.74, 6) is -9.22. The van der Waals surface area contributed by atoms with Crippen LogP contribution in [0.5, 0.6) is 5.75 Å². The Morgan fingerprint density at radius 2 is 1.34 bits per heavy atom. The second kappa shape index (κ2) is 32.3. The highest BCUT2D eigenvalue weighted by molar-refractivity contribution is 8.77. The molecule has 1 heterocycles. The van der Waals surface area contributed by atoms with Gasteiger partial charge in [-0.15, -0.1) is 0 Å². The maximum atomic E-state index is 14.6. The quantitative estimate of drug-likeness (QED) is 0.0251. The first-order chi connectivity index (χ1) is 37.6. The third-order valence-corrected chi connectivity index (χ3v) is 16.0. The van der Waals surface area contributed by atoms with Crippen molar-refractivity contribution in [3.63, 3.8) is 0 Å². The Kier molecular flexibility index (Phi) is 26.1. The van der Waals surface area contributed by atoms with Crippen LogP contribution in [0.4, 0.5) is 0 Å². The molecular weight excluding hydrogens is 1060 g/mol. The average molecular weight is 1140 g/mol. The average Bonchev–Trinajstić information content (AvgIpc) is 3.40. The number of aliphatic imine (C=N–C) groups is 1. The van der Waals surface area contributed by atoms with Crippen molar-refractivity contribution in [2.45, 2.75) is 131 Å². The van der Waals surface area contributed by atoms with Crippen LogP contribution in [0.2, 0.25) is 0 Å². The molecule has 1 aliphatic carbocycles. The van der Waals surface area contributed by atoms with E-state index in [1.807, 2.05) is 6.92 Å². The van der Waals surface area contributed by atoms with Gasteiger partial charge in [-0.05, 0) is 62.3 Å². The molecule has 1 aliphatic heterocycles. The van der Waals surface area contributed by atoms with Gasteiger partial charge in [0.2, 0.25) is 65.0 Å². The lowest BCUT2D eigenvalue weighted by atomic mass is 9.85. The number of hydrogen-bond acceptors (Lipinski definition) is 15. The highest BCUT2D eigenvalue weighted by atomic mass is 33.1. The third-order valence-electron chi connectivity index (χ3n) is 12.7. The molecule has 1 saturated carbocycles. The SMILES string of the molecule is CCOc1ccc(CC2NC(=O)CC3(CCCCC3)SSCC(C(=O)N(C)CC(=O)N[C@@H](CCCN=C(N)N)C(=O)NCC(N)=O)NC(=O)[C@H](CC(N)=O)NC(=O)[C@H](CCC(N)=O)NC(=O)C(Cc3ccccc3)NC2=O)cc1. The van der Waals surface area contributed by atoms with Gasteiger partial charge in [-0.1, -0.05) is 83.3 Å². The fraction of sp³-hybridized carbons (Fsp3) is 0.529. The Morgan fingerprint density at radius 3 is 1.95 bits per heavy atom. The highest BCUT2D eigenvalue weighted by Gasteiger charge is 2.39. The number of ether oxygens (including phenoxy) is 1.